The summed E-state index contributed by atoms with van der Waals surface area (Å²) in [5.74, 6) is -0.228. The van der Waals surface area contributed by atoms with Gasteiger partial charge in [-0.2, -0.15) is 26.3 Å². The molecule has 0 unspecified atom stereocenters. The van der Waals surface area contributed by atoms with Crippen LogP contribution in [0.4, 0.5) is 37.7 Å². The molecular formula is C17H14BrF6N3S. The van der Waals surface area contributed by atoms with E-state index in [1.165, 1.54) is 54.2 Å². The van der Waals surface area contributed by atoms with Gasteiger partial charge in [0.2, 0.25) is 5.96 Å². The monoisotopic (exact) mass is 485 g/mol. The lowest BCUT2D eigenvalue weighted by molar-refractivity contribution is -0.137. The summed E-state index contributed by atoms with van der Waals surface area (Å²) in [6.07, 6.45) is -4.53. The Morgan fingerprint density at radius 1 is 0.964 bits per heavy atom. The van der Waals surface area contributed by atoms with Gasteiger partial charge in [-0.15, -0.1) is 0 Å². The van der Waals surface area contributed by atoms with E-state index in [1.807, 2.05) is 0 Å². The first kappa shape index (κ1) is 22.4. The van der Waals surface area contributed by atoms with E-state index in [1.54, 1.807) is 0 Å². The molecule has 0 spiro atoms. The van der Waals surface area contributed by atoms with E-state index in [0.717, 1.165) is 12.1 Å². The predicted octanol–water partition coefficient (Wildman–Crippen LogP) is 6.59. The van der Waals surface area contributed by atoms with Crippen molar-refractivity contribution in [2.45, 2.75) is 16.6 Å². The van der Waals surface area contributed by atoms with Crippen LogP contribution in [0.2, 0.25) is 0 Å². The van der Waals surface area contributed by atoms with Gasteiger partial charge in [0.05, 0.1) is 11.3 Å². The third kappa shape index (κ3) is 5.57. The minimum atomic E-state index is -4.53. The lowest BCUT2D eigenvalue weighted by Crippen LogP contribution is -2.40. The highest BCUT2D eigenvalue weighted by atomic mass is 79.9. The Morgan fingerprint density at radius 3 is 2.18 bits per heavy atom. The van der Waals surface area contributed by atoms with Crippen molar-refractivity contribution in [1.29, 1.82) is 5.41 Å². The van der Waals surface area contributed by atoms with Crippen molar-refractivity contribution < 1.29 is 26.3 Å². The van der Waals surface area contributed by atoms with Crippen LogP contribution < -0.4 is 9.80 Å². The molecule has 0 saturated carbocycles. The normalized spacial score (nSPS) is 12.0. The lowest BCUT2D eigenvalue weighted by atomic mass is 10.2. The summed E-state index contributed by atoms with van der Waals surface area (Å²) in [5.41, 5.74) is -4.95. The zero-order valence-electron chi connectivity index (χ0n) is 14.5. The molecule has 0 amide bonds. The Hall–Kier alpha value is -1.88. The zero-order chi connectivity index (χ0) is 21.3. The zero-order valence-corrected chi connectivity index (χ0v) is 16.9. The van der Waals surface area contributed by atoms with Gasteiger partial charge in [0, 0.05) is 29.2 Å². The molecule has 2 rings (SSSR count). The molecule has 0 fully saturated rings. The molecular weight excluding hydrogens is 472 g/mol. The van der Waals surface area contributed by atoms with E-state index >= 15 is 0 Å². The molecule has 2 aromatic rings. The van der Waals surface area contributed by atoms with Crippen LogP contribution in [0.25, 0.3) is 0 Å². The van der Waals surface area contributed by atoms with Crippen molar-refractivity contribution in [2.24, 2.45) is 0 Å². The molecule has 0 aliphatic heterocycles. The van der Waals surface area contributed by atoms with Crippen LogP contribution in [0.5, 0.6) is 0 Å². The van der Waals surface area contributed by atoms with Gasteiger partial charge in [-0.25, -0.2) is 0 Å². The second-order valence-corrected chi connectivity index (χ2v) is 7.64. The number of benzene rings is 2. The molecule has 0 aliphatic rings. The van der Waals surface area contributed by atoms with Crippen molar-refractivity contribution in [3.8, 4) is 0 Å². The quantitative estimate of drug-likeness (QED) is 0.230. The van der Waals surface area contributed by atoms with Crippen LogP contribution in [-0.2, 0) is 6.18 Å². The fraction of sp³-hybridized carbons (Fsp3) is 0.235. The van der Waals surface area contributed by atoms with Crippen molar-refractivity contribution in [1.82, 2.24) is 0 Å². The molecule has 3 nitrogen and oxygen atoms in total. The SMILES string of the molecule is CN(C(=N)N(C)c1cc(SC(F)(F)F)ccc1Br)c1cccc(C(F)(F)F)c1. The minimum absolute atomic E-state index is 0.0768. The van der Waals surface area contributed by atoms with E-state index in [9.17, 15) is 26.3 Å². The predicted molar refractivity (Wildman–Crippen MR) is 102 cm³/mol. The first-order valence-electron chi connectivity index (χ1n) is 7.58. The number of alkyl halides is 6. The van der Waals surface area contributed by atoms with Crippen LogP contribution in [0.15, 0.2) is 51.8 Å². The summed E-state index contributed by atoms with van der Waals surface area (Å²) in [7, 11) is 2.84. The van der Waals surface area contributed by atoms with Gasteiger partial charge in [-0.3, -0.25) is 5.41 Å². The van der Waals surface area contributed by atoms with E-state index in [2.05, 4.69) is 15.9 Å². The molecule has 0 aliphatic carbocycles. The highest BCUT2D eigenvalue weighted by Crippen LogP contribution is 2.40. The van der Waals surface area contributed by atoms with Gasteiger partial charge in [0.15, 0.2) is 0 Å². The fourth-order valence-electron chi connectivity index (χ4n) is 2.30. The second kappa shape index (κ2) is 8.24. The van der Waals surface area contributed by atoms with Crippen LogP contribution in [0.3, 0.4) is 0 Å². The number of halogens is 7. The number of rotatable bonds is 3. The summed E-state index contributed by atoms with van der Waals surface area (Å²) in [4.78, 5) is 2.39. The molecule has 0 saturated heterocycles. The number of nitrogens with one attached hydrogen (secondary N) is 1. The number of hydrogen-bond acceptors (Lipinski definition) is 2. The Morgan fingerprint density at radius 2 is 1.61 bits per heavy atom. The van der Waals surface area contributed by atoms with E-state index in [-0.39, 0.29) is 34.0 Å². The molecule has 0 heterocycles. The van der Waals surface area contributed by atoms with Crippen molar-refractivity contribution in [3.05, 3.63) is 52.5 Å². The molecule has 11 heteroatoms. The standard InChI is InChI=1S/C17H14BrF6N3S/c1-26(11-5-3-4-10(8-11)16(19,20)21)15(25)27(2)14-9-12(6-7-13(14)18)28-17(22,23)24/h3-9,25H,1-2H3. The number of thioether (sulfide) groups is 1. The summed E-state index contributed by atoms with van der Waals surface area (Å²) in [6.45, 7) is 0. The highest BCUT2D eigenvalue weighted by molar-refractivity contribution is 9.10. The molecule has 28 heavy (non-hydrogen) atoms. The van der Waals surface area contributed by atoms with Crippen LogP contribution in [-0.4, -0.2) is 25.6 Å². The molecule has 2 aromatic carbocycles. The second-order valence-electron chi connectivity index (χ2n) is 5.65. The maximum atomic E-state index is 12.9. The molecule has 0 aromatic heterocycles. The van der Waals surface area contributed by atoms with Crippen molar-refractivity contribution >= 4 is 45.0 Å². The maximum Gasteiger partial charge on any atom is 0.446 e. The van der Waals surface area contributed by atoms with Gasteiger partial charge in [-0.1, -0.05) is 6.07 Å². The lowest BCUT2D eigenvalue weighted by Gasteiger charge is -2.29. The summed E-state index contributed by atoms with van der Waals surface area (Å²) in [5, 5.41) is 8.27. The van der Waals surface area contributed by atoms with Gasteiger partial charge in [-0.05, 0) is 64.1 Å². The van der Waals surface area contributed by atoms with Crippen LogP contribution in [0, 0.1) is 5.41 Å². The Labute approximate surface area is 170 Å². The third-order valence-electron chi connectivity index (χ3n) is 3.71. The highest BCUT2D eigenvalue weighted by Gasteiger charge is 2.31. The van der Waals surface area contributed by atoms with Crippen LogP contribution in [0.1, 0.15) is 5.56 Å². The van der Waals surface area contributed by atoms with Gasteiger partial charge in [0.1, 0.15) is 0 Å². The average molecular weight is 486 g/mol. The van der Waals surface area contributed by atoms with Gasteiger partial charge in [0.25, 0.3) is 0 Å². The van der Waals surface area contributed by atoms with E-state index < -0.39 is 17.2 Å². The smallest absolute Gasteiger partial charge is 0.316 e. The largest absolute Gasteiger partial charge is 0.446 e. The van der Waals surface area contributed by atoms with E-state index in [4.69, 9.17) is 5.41 Å². The van der Waals surface area contributed by atoms with Gasteiger partial charge < -0.3 is 9.80 Å². The Balaban J connectivity index is 2.30. The third-order valence-corrected chi connectivity index (χ3v) is 5.10. The van der Waals surface area contributed by atoms with E-state index in [0.29, 0.717) is 4.47 Å². The molecule has 0 bridgehead atoms. The molecule has 0 radical (unpaired) electrons. The molecule has 152 valence electrons. The minimum Gasteiger partial charge on any atom is -0.316 e. The Kier molecular flexibility index (Phi) is 6.59. The first-order valence-corrected chi connectivity index (χ1v) is 9.19. The number of guanidine groups is 1. The van der Waals surface area contributed by atoms with Crippen molar-refractivity contribution in [3.63, 3.8) is 0 Å². The maximum absolute atomic E-state index is 12.9. The summed E-state index contributed by atoms with van der Waals surface area (Å²) in [6, 6.07) is 8.38. The number of anilines is 2. The average Bonchev–Trinajstić information content (AvgIpc) is 2.59. The molecule has 1 N–H and O–H groups in total. The van der Waals surface area contributed by atoms with Crippen molar-refractivity contribution in [2.75, 3.05) is 23.9 Å². The topological polar surface area (TPSA) is 30.3 Å². The summed E-state index contributed by atoms with van der Waals surface area (Å²) < 4.78 is 77.0. The number of nitrogens with zero attached hydrogens (tertiary/aromatic N) is 2. The molecule has 0 atom stereocenters. The number of hydrogen-bond donors (Lipinski definition) is 1. The van der Waals surface area contributed by atoms with Crippen LogP contribution >= 0.6 is 27.7 Å². The fourth-order valence-corrected chi connectivity index (χ4v) is 3.39. The first-order chi connectivity index (χ1) is 12.8. The Bertz CT molecular complexity index is 869. The summed E-state index contributed by atoms with van der Waals surface area (Å²) >= 11 is 2.93. The van der Waals surface area contributed by atoms with Gasteiger partial charge >= 0.3 is 11.7 Å².